The molecule has 3 aromatic rings. The molecule has 2 nitrogen and oxygen atoms in total. The summed E-state index contributed by atoms with van der Waals surface area (Å²) in [5, 5.41) is 4.65. The van der Waals surface area contributed by atoms with Crippen LogP contribution in [0.15, 0.2) is 46.9 Å². The van der Waals surface area contributed by atoms with Crippen LogP contribution in [0.25, 0.3) is 10.1 Å². The van der Waals surface area contributed by atoms with E-state index in [4.69, 9.17) is 4.42 Å². The Morgan fingerprint density at radius 1 is 1.21 bits per heavy atom. The standard InChI is InChI=1S/C16H17NOS/c1-3-12-8-9-13(18-12)16(17-2)15-10-11-6-4-5-7-14(11)19-15/h4-10,16-17H,3H2,1-2H3. The molecule has 0 saturated heterocycles. The topological polar surface area (TPSA) is 25.2 Å². The number of hydrogen-bond acceptors (Lipinski definition) is 3. The van der Waals surface area contributed by atoms with Gasteiger partial charge in [-0.1, -0.05) is 25.1 Å². The van der Waals surface area contributed by atoms with Gasteiger partial charge in [0.15, 0.2) is 0 Å². The third-order valence-electron chi connectivity index (χ3n) is 3.33. The van der Waals surface area contributed by atoms with E-state index in [-0.39, 0.29) is 6.04 Å². The van der Waals surface area contributed by atoms with Crippen molar-refractivity contribution in [1.29, 1.82) is 0 Å². The van der Waals surface area contributed by atoms with Gasteiger partial charge in [0.25, 0.3) is 0 Å². The maximum Gasteiger partial charge on any atom is 0.126 e. The lowest BCUT2D eigenvalue weighted by atomic mass is 10.1. The molecule has 3 rings (SSSR count). The quantitative estimate of drug-likeness (QED) is 0.762. The Hall–Kier alpha value is -1.58. The van der Waals surface area contributed by atoms with Crippen molar-refractivity contribution in [2.24, 2.45) is 0 Å². The van der Waals surface area contributed by atoms with E-state index >= 15 is 0 Å². The molecule has 0 amide bonds. The van der Waals surface area contributed by atoms with Gasteiger partial charge in [-0.25, -0.2) is 0 Å². The SMILES string of the molecule is CCc1ccc(C(NC)c2cc3ccccc3s2)o1. The number of fused-ring (bicyclic) bond motifs is 1. The van der Waals surface area contributed by atoms with Crippen molar-refractivity contribution in [1.82, 2.24) is 5.32 Å². The van der Waals surface area contributed by atoms with Crippen LogP contribution in [0, 0.1) is 0 Å². The van der Waals surface area contributed by atoms with E-state index < -0.39 is 0 Å². The normalized spacial score (nSPS) is 12.9. The van der Waals surface area contributed by atoms with E-state index in [2.05, 4.69) is 54.7 Å². The first-order valence-electron chi connectivity index (χ1n) is 6.56. The lowest BCUT2D eigenvalue weighted by Gasteiger charge is -2.11. The molecule has 1 aromatic carbocycles. The monoisotopic (exact) mass is 271 g/mol. The number of nitrogens with one attached hydrogen (secondary N) is 1. The number of furan rings is 1. The molecule has 1 unspecified atom stereocenters. The maximum absolute atomic E-state index is 5.88. The minimum Gasteiger partial charge on any atom is -0.464 e. The number of benzene rings is 1. The molecular weight excluding hydrogens is 254 g/mol. The first-order valence-corrected chi connectivity index (χ1v) is 7.38. The second-order valence-electron chi connectivity index (χ2n) is 4.57. The molecule has 1 atom stereocenters. The Bertz CT molecular complexity index is 650. The van der Waals surface area contributed by atoms with E-state index in [1.807, 2.05) is 18.4 Å². The van der Waals surface area contributed by atoms with Gasteiger partial charge >= 0.3 is 0 Å². The fourth-order valence-electron chi connectivity index (χ4n) is 2.31. The molecule has 19 heavy (non-hydrogen) atoms. The minimum absolute atomic E-state index is 0.137. The minimum atomic E-state index is 0.137. The maximum atomic E-state index is 5.88. The molecule has 0 aliphatic rings. The molecule has 2 heterocycles. The summed E-state index contributed by atoms with van der Waals surface area (Å²) >= 11 is 1.82. The van der Waals surface area contributed by atoms with Crippen LogP contribution in [0.5, 0.6) is 0 Å². The molecule has 0 spiro atoms. The molecular formula is C16H17NOS. The van der Waals surface area contributed by atoms with Crippen LogP contribution in [0.4, 0.5) is 0 Å². The second-order valence-corrected chi connectivity index (χ2v) is 5.68. The van der Waals surface area contributed by atoms with Crippen LogP contribution in [0.1, 0.15) is 29.4 Å². The zero-order valence-corrected chi connectivity index (χ0v) is 12.0. The number of rotatable bonds is 4. The summed E-state index contributed by atoms with van der Waals surface area (Å²) in [6.45, 7) is 2.11. The van der Waals surface area contributed by atoms with Gasteiger partial charge in [0.1, 0.15) is 17.6 Å². The highest BCUT2D eigenvalue weighted by Crippen LogP contribution is 2.33. The molecule has 0 saturated carbocycles. The fourth-order valence-corrected chi connectivity index (χ4v) is 3.49. The third kappa shape index (κ3) is 2.31. The second kappa shape index (κ2) is 5.19. The van der Waals surface area contributed by atoms with E-state index in [0.29, 0.717) is 0 Å². The Kier molecular flexibility index (Phi) is 3.40. The Labute approximate surface area is 117 Å². The van der Waals surface area contributed by atoms with Crippen molar-refractivity contribution in [3.63, 3.8) is 0 Å². The number of aryl methyl sites for hydroxylation is 1. The molecule has 0 aliphatic carbocycles. The number of thiophene rings is 1. The average Bonchev–Trinajstić information content (AvgIpc) is 3.05. The van der Waals surface area contributed by atoms with Crippen molar-refractivity contribution in [2.75, 3.05) is 7.05 Å². The van der Waals surface area contributed by atoms with Gasteiger partial charge < -0.3 is 9.73 Å². The highest BCUT2D eigenvalue weighted by atomic mass is 32.1. The Morgan fingerprint density at radius 3 is 2.74 bits per heavy atom. The molecule has 0 radical (unpaired) electrons. The van der Waals surface area contributed by atoms with Gasteiger partial charge in [-0.3, -0.25) is 0 Å². The van der Waals surface area contributed by atoms with Crippen LogP contribution in [-0.4, -0.2) is 7.05 Å². The van der Waals surface area contributed by atoms with Crippen LogP contribution in [-0.2, 0) is 6.42 Å². The fraction of sp³-hybridized carbons (Fsp3) is 0.250. The molecule has 1 N–H and O–H groups in total. The van der Waals surface area contributed by atoms with E-state index in [1.54, 1.807) is 0 Å². The van der Waals surface area contributed by atoms with Gasteiger partial charge in [0.2, 0.25) is 0 Å². The van der Waals surface area contributed by atoms with Crippen LogP contribution >= 0.6 is 11.3 Å². The highest BCUT2D eigenvalue weighted by Gasteiger charge is 2.18. The highest BCUT2D eigenvalue weighted by molar-refractivity contribution is 7.19. The Morgan fingerprint density at radius 2 is 2.05 bits per heavy atom. The van der Waals surface area contributed by atoms with Gasteiger partial charge in [0, 0.05) is 16.0 Å². The zero-order valence-electron chi connectivity index (χ0n) is 11.1. The van der Waals surface area contributed by atoms with Crippen molar-refractivity contribution in [3.05, 3.63) is 58.9 Å². The smallest absolute Gasteiger partial charge is 0.126 e. The summed E-state index contributed by atoms with van der Waals surface area (Å²) in [5.41, 5.74) is 0. The summed E-state index contributed by atoms with van der Waals surface area (Å²) in [5.74, 6) is 2.03. The van der Waals surface area contributed by atoms with Crippen molar-refractivity contribution < 1.29 is 4.42 Å². The summed E-state index contributed by atoms with van der Waals surface area (Å²) in [6.07, 6.45) is 0.933. The molecule has 0 fully saturated rings. The molecule has 0 bridgehead atoms. The van der Waals surface area contributed by atoms with Crippen molar-refractivity contribution in [3.8, 4) is 0 Å². The van der Waals surface area contributed by atoms with E-state index in [9.17, 15) is 0 Å². The lowest BCUT2D eigenvalue weighted by molar-refractivity contribution is 0.436. The van der Waals surface area contributed by atoms with E-state index in [0.717, 1.165) is 17.9 Å². The average molecular weight is 271 g/mol. The molecule has 3 heteroatoms. The largest absolute Gasteiger partial charge is 0.464 e. The number of hydrogen-bond donors (Lipinski definition) is 1. The predicted octanol–water partition coefficient (Wildman–Crippen LogP) is 4.37. The van der Waals surface area contributed by atoms with Gasteiger partial charge in [-0.15, -0.1) is 11.3 Å². The summed E-state index contributed by atoms with van der Waals surface area (Å²) in [6, 6.07) is 15.0. The van der Waals surface area contributed by atoms with Crippen LogP contribution < -0.4 is 5.32 Å². The van der Waals surface area contributed by atoms with Crippen molar-refractivity contribution in [2.45, 2.75) is 19.4 Å². The van der Waals surface area contributed by atoms with Crippen LogP contribution in [0.2, 0.25) is 0 Å². The lowest BCUT2D eigenvalue weighted by Crippen LogP contribution is -2.15. The summed E-state index contributed by atoms with van der Waals surface area (Å²) in [7, 11) is 1.98. The third-order valence-corrected chi connectivity index (χ3v) is 4.51. The molecule has 0 aliphatic heterocycles. The van der Waals surface area contributed by atoms with Gasteiger partial charge in [0.05, 0.1) is 0 Å². The van der Waals surface area contributed by atoms with E-state index in [1.165, 1.54) is 15.0 Å². The molecule has 98 valence electrons. The van der Waals surface area contributed by atoms with Crippen molar-refractivity contribution >= 4 is 21.4 Å². The first kappa shape index (κ1) is 12.5. The summed E-state index contributed by atoms with van der Waals surface area (Å²) < 4.78 is 7.20. The zero-order chi connectivity index (χ0) is 13.2. The predicted molar refractivity (Wildman–Crippen MR) is 80.8 cm³/mol. The van der Waals surface area contributed by atoms with Crippen LogP contribution in [0.3, 0.4) is 0 Å². The molecule has 2 aromatic heterocycles. The Balaban J connectivity index is 2.01. The first-order chi connectivity index (χ1) is 9.31. The van der Waals surface area contributed by atoms with Gasteiger partial charge in [-0.05, 0) is 36.7 Å². The van der Waals surface area contributed by atoms with Gasteiger partial charge in [-0.2, -0.15) is 0 Å². The summed E-state index contributed by atoms with van der Waals surface area (Å²) in [4.78, 5) is 1.29.